The maximum absolute atomic E-state index is 11.8. The topological polar surface area (TPSA) is 78.2 Å². The molecule has 1 heterocycles. The van der Waals surface area contributed by atoms with E-state index < -0.39 is 9.05 Å². The Bertz CT molecular complexity index is 634. The lowest BCUT2D eigenvalue weighted by atomic mass is 10.1. The van der Waals surface area contributed by atoms with Crippen molar-refractivity contribution in [2.24, 2.45) is 5.92 Å². The second kappa shape index (κ2) is 5.19. The molecule has 5 nitrogen and oxygen atoms in total. The third-order valence-electron chi connectivity index (χ3n) is 2.95. The van der Waals surface area contributed by atoms with E-state index in [1.165, 1.54) is 4.90 Å². The lowest BCUT2D eigenvalue weighted by molar-refractivity contribution is -0.117. The second-order valence-electron chi connectivity index (χ2n) is 4.44. The fourth-order valence-electron chi connectivity index (χ4n) is 2.14. The monoisotopic (exact) mass is 298 g/mol. The Balaban J connectivity index is 2.13. The minimum atomic E-state index is -3.60. The van der Waals surface area contributed by atoms with Crippen LogP contribution in [0.5, 0.6) is 0 Å². The number of hydrogen-bond acceptors (Lipinski definition) is 4. The minimum Gasteiger partial charge on any atom is -0.312 e. The number of rotatable bonds is 3. The van der Waals surface area contributed by atoms with Gasteiger partial charge in [-0.25, -0.2) is 8.42 Å². The number of nitrogens with zero attached hydrogens (tertiary/aromatic N) is 2. The summed E-state index contributed by atoms with van der Waals surface area (Å²) in [4.78, 5) is 13.4. The Morgan fingerprint density at radius 2 is 2.00 bits per heavy atom. The molecule has 2 rings (SSSR count). The maximum atomic E-state index is 11.8. The van der Waals surface area contributed by atoms with E-state index in [-0.39, 0.29) is 24.0 Å². The fourth-order valence-corrected chi connectivity index (χ4v) is 3.46. The summed E-state index contributed by atoms with van der Waals surface area (Å²) in [5.41, 5.74) is 1.17. The standard InChI is InChI=1S/C12H11ClN2O3S/c13-19(17,18)8-10-5-12(16)15(7-10)11-3-1-9(6-14)2-4-11/h1-4,10H,5,7-8H2. The third-order valence-corrected chi connectivity index (χ3v) is 4.20. The van der Waals surface area contributed by atoms with E-state index in [2.05, 4.69) is 0 Å². The van der Waals surface area contributed by atoms with Crippen molar-refractivity contribution in [3.05, 3.63) is 29.8 Å². The lowest BCUT2D eigenvalue weighted by Gasteiger charge is -2.16. The predicted octanol–water partition coefficient (Wildman–Crippen LogP) is 1.48. The molecule has 1 aliphatic rings. The molecule has 7 heteroatoms. The van der Waals surface area contributed by atoms with Crippen molar-refractivity contribution in [3.8, 4) is 6.07 Å². The highest BCUT2D eigenvalue weighted by molar-refractivity contribution is 8.13. The Morgan fingerprint density at radius 1 is 1.37 bits per heavy atom. The van der Waals surface area contributed by atoms with E-state index in [1.807, 2.05) is 6.07 Å². The molecule has 1 saturated heterocycles. The molecule has 1 aliphatic heterocycles. The molecule has 0 N–H and O–H groups in total. The molecule has 0 aromatic heterocycles. The van der Waals surface area contributed by atoms with Crippen LogP contribution >= 0.6 is 10.7 Å². The molecule has 100 valence electrons. The van der Waals surface area contributed by atoms with Gasteiger partial charge in [-0.05, 0) is 24.3 Å². The van der Waals surface area contributed by atoms with Crippen LogP contribution in [0.25, 0.3) is 0 Å². The molecule has 1 fully saturated rings. The first-order valence-corrected chi connectivity index (χ1v) is 8.10. The first kappa shape index (κ1) is 13.8. The quantitative estimate of drug-likeness (QED) is 0.792. The summed E-state index contributed by atoms with van der Waals surface area (Å²) in [6.07, 6.45) is 0.173. The fraction of sp³-hybridized carbons (Fsp3) is 0.333. The maximum Gasteiger partial charge on any atom is 0.232 e. The van der Waals surface area contributed by atoms with Crippen LogP contribution in [0.2, 0.25) is 0 Å². The van der Waals surface area contributed by atoms with Crippen LogP contribution in [-0.4, -0.2) is 26.6 Å². The summed E-state index contributed by atoms with van der Waals surface area (Å²) < 4.78 is 22.0. The van der Waals surface area contributed by atoms with E-state index >= 15 is 0 Å². The van der Waals surface area contributed by atoms with Gasteiger partial charge in [0.05, 0.1) is 17.4 Å². The molecule has 0 saturated carbocycles. The van der Waals surface area contributed by atoms with Crippen molar-refractivity contribution >= 4 is 31.3 Å². The van der Waals surface area contributed by atoms with Gasteiger partial charge < -0.3 is 4.90 Å². The average molecular weight is 299 g/mol. The molecule has 0 aliphatic carbocycles. The number of nitriles is 1. The Kier molecular flexibility index (Phi) is 3.78. The van der Waals surface area contributed by atoms with Gasteiger partial charge in [-0.3, -0.25) is 4.79 Å². The summed E-state index contributed by atoms with van der Waals surface area (Å²) >= 11 is 0. The third kappa shape index (κ3) is 3.46. The zero-order valence-electron chi connectivity index (χ0n) is 9.91. The number of carbonyl (C=O) groups is 1. The second-order valence-corrected chi connectivity index (χ2v) is 7.26. The SMILES string of the molecule is N#Cc1ccc(N2CC(CS(=O)(=O)Cl)CC2=O)cc1. The number of carbonyl (C=O) groups excluding carboxylic acids is 1. The number of hydrogen-bond donors (Lipinski definition) is 0. The van der Waals surface area contributed by atoms with Crippen LogP contribution < -0.4 is 4.90 Å². The van der Waals surface area contributed by atoms with Crippen molar-refractivity contribution in [1.29, 1.82) is 5.26 Å². The van der Waals surface area contributed by atoms with Crippen molar-refractivity contribution < 1.29 is 13.2 Å². The molecule has 1 atom stereocenters. The largest absolute Gasteiger partial charge is 0.312 e. The van der Waals surface area contributed by atoms with Gasteiger partial charge in [-0.15, -0.1) is 0 Å². The molecule has 1 amide bonds. The molecule has 0 bridgehead atoms. The van der Waals surface area contributed by atoms with Crippen molar-refractivity contribution in [2.75, 3.05) is 17.2 Å². The summed E-state index contributed by atoms with van der Waals surface area (Å²) in [6, 6.07) is 8.58. The highest BCUT2D eigenvalue weighted by Crippen LogP contribution is 2.26. The number of halogens is 1. The molecule has 19 heavy (non-hydrogen) atoms. The zero-order chi connectivity index (χ0) is 14.0. The van der Waals surface area contributed by atoms with E-state index in [0.717, 1.165) is 0 Å². The van der Waals surface area contributed by atoms with Gasteiger partial charge in [0.1, 0.15) is 0 Å². The molecular weight excluding hydrogens is 288 g/mol. The van der Waals surface area contributed by atoms with Crippen molar-refractivity contribution in [2.45, 2.75) is 6.42 Å². The predicted molar refractivity (Wildman–Crippen MR) is 71.3 cm³/mol. The van der Waals surface area contributed by atoms with Crippen LogP contribution in [0.4, 0.5) is 5.69 Å². The van der Waals surface area contributed by atoms with E-state index in [9.17, 15) is 13.2 Å². The molecule has 0 spiro atoms. The summed E-state index contributed by atoms with van der Waals surface area (Å²) in [7, 11) is 1.60. The molecular formula is C12H11ClN2O3S. The highest BCUT2D eigenvalue weighted by Gasteiger charge is 2.33. The first-order valence-electron chi connectivity index (χ1n) is 5.62. The number of anilines is 1. The number of amides is 1. The van der Waals surface area contributed by atoms with Crippen molar-refractivity contribution in [1.82, 2.24) is 0 Å². The molecule has 0 radical (unpaired) electrons. The van der Waals surface area contributed by atoms with Crippen LogP contribution in [0.15, 0.2) is 24.3 Å². The molecule has 1 unspecified atom stereocenters. The number of benzene rings is 1. The smallest absolute Gasteiger partial charge is 0.232 e. The lowest BCUT2D eigenvalue weighted by Crippen LogP contribution is -2.25. The van der Waals surface area contributed by atoms with E-state index in [1.54, 1.807) is 24.3 Å². The molecule has 1 aromatic carbocycles. The summed E-state index contributed by atoms with van der Waals surface area (Å²) in [6.45, 7) is 0.330. The van der Waals surface area contributed by atoms with Crippen LogP contribution in [-0.2, 0) is 13.8 Å². The minimum absolute atomic E-state index is 0.130. The van der Waals surface area contributed by atoms with Gasteiger partial charge in [0.2, 0.25) is 15.0 Å². The van der Waals surface area contributed by atoms with E-state index in [0.29, 0.717) is 17.8 Å². The van der Waals surface area contributed by atoms with Crippen LogP contribution in [0.3, 0.4) is 0 Å². The van der Waals surface area contributed by atoms with Crippen molar-refractivity contribution in [3.63, 3.8) is 0 Å². The van der Waals surface area contributed by atoms with Gasteiger partial charge in [0.15, 0.2) is 0 Å². The average Bonchev–Trinajstić information content (AvgIpc) is 2.68. The summed E-state index contributed by atoms with van der Waals surface area (Å²) in [5.74, 6) is -0.617. The Hall–Kier alpha value is -1.58. The highest BCUT2D eigenvalue weighted by atomic mass is 35.7. The first-order chi connectivity index (χ1) is 8.89. The molecule has 1 aromatic rings. The normalized spacial score (nSPS) is 19.5. The Labute approximate surface area is 115 Å². The van der Waals surface area contributed by atoms with Gasteiger partial charge in [0, 0.05) is 35.3 Å². The zero-order valence-corrected chi connectivity index (χ0v) is 11.5. The van der Waals surface area contributed by atoms with Gasteiger partial charge in [-0.2, -0.15) is 5.26 Å². The van der Waals surface area contributed by atoms with Gasteiger partial charge in [-0.1, -0.05) is 0 Å². The van der Waals surface area contributed by atoms with Crippen LogP contribution in [0, 0.1) is 17.2 Å². The van der Waals surface area contributed by atoms with Gasteiger partial charge in [0.25, 0.3) is 0 Å². The summed E-state index contributed by atoms with van der Waals surface area (Å²) in [5, 5.41) is 8.70. The van der Waals surface area contributed by atoms with Gasteiger partial charge >= 0.3 is 0 Å². The van der Waals surface area contributed by atoms with E-state index in [4.69, 9.17) is 15.9 Å². The Morgan fingerprint density at radius 3 is 2.53 bits per heavy atom. The van der Waals surface area contributed by atoms with Crippen LogP contribution in [0.1, 0.15) is 12.0 Å².